The molecule has 0 bridgehead atoms. The molecule has 2 rings (SSSR count). The van der Waals surface area contributed by atoms with Gasteiger partial charge >= 0.3 is 5.97 Å². The van der Waals surface area contributed by atoms with Gasteiger partial charge in [-0.2, -0.15) is 0 Å². The van der Waals surface area contributed by atoms with E-state index in [2.05, 4.69) is 10.6 Å². The number of esters is 1. The molecule has 0 amide bonds. The van der Waals surface area contributed by atoms with Gasteiger partial charge in [-0.3, -0.25) is 0 Å². The first-order valence-electron chi connectivity index (χ1n) is 6.80. The standard InChI is InChI=1S/C16H18N2O2S/c1-3-20-15(19)14-11(2)17-16(21)18-13(14)10-9-12-7-5-4-6-8-12/h4-10,13H,3H2,1-2H3,(H2,17,18,21)/b10-9+/t13-/m0/s1. The third-order valence-electron chi connectivity index (χ3n) is 3.08. The molecule has 0 aliphatic carbocycles. The van der Waals surface area contributed by atoms with Crippen LogP contribution in [0.1, 0.15) is 19.4 Å². The third-order valence-corrected chi connectivity index (χ3v) is 3.30. The summed E-state index contributed by atoms with van der Waals surface area (Å²) in [5, 5.41) is 6.55. The van der Waals surface area contributed by atoms with E-state index in [9.17, 15) is 4.79 Å². The van der Waals surface area contributed by atoms with E-state index in [1.165, 1.54) is 0 Å². The highest BCUT2D eigenvalue weighted by Gasteiger charge is 2.27. The maximum Gasteiger partial charge on any atom is 0.338 e. The van der Waals surface area contributed by atoms with Crippen molar-refractivity contribution >= 4 is 29.4 Å². The van der Waals surface area contributed by atoms with Crippen LogP contribution in [-0.2, 0) is 9.53 Å². The number of carbonyl (C=O) groups excluding carboxylic acids is 1. The minimum atomic E-state index is -0.333. The quantitative estimate of drug-likeness (QED) is 0.660. The topological polar surface area (TPSA) is 50.4 Å². The van der Waals surface area contributed by atoms with E-state index in [-0.39, 0.29) is 12.0 Å². The molecule has 0 radical (unpaired) electrons. The predicted molar refractivity (Wildman–Crippen MR) is 87.5 cm³/mol. The van der Waals surface area contributed by atoms with Crippen molar-refractivity contribution in [1.82, 2.24) is 10.6 Å². The summed E-state index contributed by atoms with van der Waals surface area (Å²) in [6.07, 6.45) is 3.87. The number of carbonyl (C=O) groups is 1. The molecule has 1 heterocycles. The summed E-state index contributed by atoms with van der Waals surface area (Å²) in [6.45, 7) is 3.95. The number of rotatable bonds is 4. The molecule has 1 aliphatic heterocycles. The van der Waals surface area contributed by atoms with Crippen molar-refractivity contribution in [3.63, 3.8) is 0 Å². The lowest BCUT2D eigenvalue weighted by atomic mass is 10.0. The SMILES string of the molecule is CCOC(=O)C1=C(C)NC(=S)N[C@H]1/C=C/c1ccccc1. The Morgan fingerprint density at radius 1 is 1.38 bits per heavy atom. The van der Waals surface area contributed by atoms with E-state index in [1.807, 2.05) is 49.4 Å². The normalized spacial score (nSPS) is 18.4. The molecular weight excluding hydrogens is 284 g/mol. The molecule has 0 aromatic heterocycles. The van der Waals surface area contributed by atoms with Crippen LogP contribution >= 0.6 is 12.2 Å². The Hall–Kier alpha value is -2.14. The maximum absolute atomic E-state index is 12.1. The number of ether oxygens (including phenoxy) is 1. The van der Waals surface area contributed by atoms with E-state index in [0.29, 0.717) is 17.3 Å². The van der Waals surface area contributed by atoms with Crippen LogP contribution < -0.4 is 10.6 Å². The molecule has 110 valence electrons. The molecule has 1 atom stereocenters. The van der Waals surface area contributed by atoms with Crippen LogP contribution in [0.5, 0.6) is 0 Å². The highest BCUT2D eigenvalue weighted by molar-refractivity contribution is 7.80. The monoisotopic (exact) mass is 302 g/mol. The Labute approximate surface area is 129 Å². The zero-order valence-electron chi connectivity index (χ0n) is 12.1. The Morgan fingerprint density at radius 2 is 2.10 bits per heavy atom. The summed E-state index contributed by atoms with van der Waals surface area (Å²) < 4.78 is 5.12. The van der Waals surface area contributed by atoms with Crippen LogP contribution in [0.15, 0.2) is 47.7 Å². The summed E-state index contributed by atoms with van der Waals surface area (Å²) in [6, 6.07) is 9.59. The van der Waals surface area contributed by atoms with Crippen molar-refractivity contribution in [2.45, 2.75) is 19.9 Å². The van der Waals surface area contributed by atoms with Crippen LogP contribution in [0.25, 0.3) is 6.08 Å². The number of nitrogens with one attached hydrogen (secondary N) is 2. The van der Waals surface area contributed by atoms with E-state index in [0.717, 1.165) is 11.3 Å². The second-order valence-electron chi connectivity index (χ2n) is 4.61. The summed E-state index contributed by atoms with van der Waals surface area (Å²) in [5.41, 5.74) is 2.34. The van der Waals surface area contributed by atoms with Crippen LogP contribution in [0, 0.1) is 0 Å². The summed E-state index contributed by atoms with van der Waals surface area (Å²) in [5.74, 6) is -0.333. The zero-order valence-corrected chi connectivity index (χ0v) is 12.9. The van der Waals surface area contributed by atoms with Crippen LogP contribution in [-0.4, -0.2) is 23.7 Å². The molecule has 0 saturated carbocycles. The van der Waals surface area contributed by atoms with Crippen molar-refractivity contribution in [3.05, 3.63) is 53.2 Å². The molecule has 0 spiro atoms. The first-order valence-corrected chi connectivity index (χ1v) is 7.21. The van der Waals surface area contributed by atoms with E-state index >= 15 is 0 Å². The third kappa shape index (κ3) is 3.92. The van der Waals surface area contributed by atoms with Gasteiger partial charge in [0.15, 0.2) is 5.11 Å². The Morgan fingerprint density at radius 3 is 2.76 bits per heavy atom. The van der Waals surface area contributed by atoms with Gasteiger partial charge < -0.3 is 15.4 Å². The van der Waals surface area contributed by atoms with Gasteiger partial charge in [-0.25, -0.2) is 4.79 Å². The number of benzene rings is 1. The number of allylic oxidation sites excluding steroid dienone is 1. The molecule has 0 fully saturated rings. The molecule has 21 heavy (non-hydrogen) atoms. The Balaban J connectivity index is 2.26. The Kier molecular flexibility index (Phi) is 5.11. The van der Waals surface area contributed by atoms with Crippen molar-refractivity contribution in [1.29, 1.82) is 0 Å². The van der Waals surface area contributed by atoms with Crippen molar-refractivity contribution < 1.29 is 9.53 Å². The smallest absolute Gasteiger partial charge is 0.338 e. The van der Waals surface area contributed by atoms with Crippen LogP contribution in [0.2, 0.25) is 0 Å². The second-order valence-corrected chi connectivity index (χ2v) is 5.01. The van der Waals surface area contributed by atoms with Gasteiger partial charge in [-0.05, 0) is 31.6 Å². The van der Waals surface area contributed by atoms with Crippen molar-refractivity contribution in [2.24, 2.45) is 0 Å². The van der Waals surface area contributed by atoms with Gasteiger partial charge in [0.25, 0.3) is 0 Å². The molecule has 2 N–H and O–H groups in total. The molecular formula is C16H18N2O2S. The minimum Gasteiger partial charge on any atom is -0.463 e. The number of thiocarbonyl (C=S) groups is 1. The fraction of sp³-hybridized carbons (Fsp3) is 0.250. The number of hydrogen-bond acceptors (Lipinski definition) is 3. The van der Waals surface area contributed by atoms with Gasteiger partial charge in [-0.15, -0.1) is 0 Å². The average molecular weight is 302 g/mol. The first kappa shape index (κ1) is 15.3. The van der Waals surface area contributed by atoms with Crippen molar-refractivity contribution in [3.8, 4) is 0 Å². The highest BCUT2D eigenvalue weighted by atomic mass is 32.1. The van der Waals surface area contributed by atoms with Gasteiger partial charge in [-0.1, -0.05) is 42.5 Å². The molecule has 0 saturated heterocycles. The first-order chi connectivity index (χ1) is 10.1. The summed E-state index contributed by atoms with van der Waals surface area (Å²) in [4.78, 5) is 12.1. The largest absolute Gasteiger partial charge is 0.463 e. The van der Waals surface area contributed by atoms with Gasteiger partial charge in [0.05, 0.1) is 18.2 Å². The lowest BCUT2D eigenvalue weighted by Crippen LogP contribution is -2.48. The average Bonchev–Trinajstić information content (AvgIpc) is 2.45. The molecule has 5 heteroatoms. The fourth-order valence-electron chi connectivity index (χ4n) is 2.13. The van der Waals surface area contributed by atoms with E-state index in [1.54, 1.807) is 6.92 Å². The van der Waals surface area contributed by atoms with E-state index < -0.39 is 0 Å². The molecule has 0 unspecified atom stereocenters. The van der Waals surface area contributed by atoms with Crippen LogP contribution in [0.3, 0.4) is 0 Å². The fourth-order valence-corrected chi connectivity index (χ4v) is 2.41. The molecule has 4 nitrogen and oxygen atoms in total. The summed E-state index contributed by atoms with van der Waals surface area (Å²) in [7, 11) is 0. The lowest BCUT2D eigenvalue weighted by Gasteiger charge is -2.27. The summed E-state index contributed by atoms with van der Waals surface area (Å²) >= 11 is 5.15. The lowest BCUT2D eigenvalue weighted by molar-refractivity contribution is -0.138. The maximum atomic E-state index is 12.1. The second kappa shape index (κ2) is 7.04. The number of hydrogen-bond donors (Lipinski definition) is 2. The van der Waals surface area contributed by atoms with Crippen molar-refractivity contribution in [2.75, 3.05) is 6.61 Å². The zero-order chi connectivity index (χ0) is 15.2. The molecule has 1 aliphatic rings. The van der Waals surface area contributed by atoms with Gasteiger partial charge in [0.1, 0.15) is 0 Å². The van der Waals surface area contributed by atoms with Gasteiger partial charge in [0.2, 0.25) is 0 Å². The van der Waals surface area contributed by atoms with Crippen LogP contribution in [0.4, 0.5) is 0 Å². The van der Waals surface area contributed by atoms with E-state index in [4.69, 9.17) is 17.0 Å². The van der Waals surface area contributed by atoms with Gasteiger partial charge in [0, 0.05) is 5.70 Å². The highest BCUT2D eigenvalue weighted by Crippen LogP contribution is 2.16. The Bertz CT molecular complexity index is 594. The molecule has 1 aromatic rings. The predicted octanol–water partition coefficient (Wildman–Crippen LogP) is 2.38. The molecule has 1 aromatic carbocycles. The minimum absolute atomic E-state index is 0.294.